The van der Waals surface area contributed by atoms with Gasteiger partial charge in [-0.2, -0.15) is 0 Å². The highest BCUT2D eigenvalue weighted by molar-refractivity contribution is 5.97. The first-order chi connectivity index (χ1) is 16.2. The zero-order valence-corrected chi connectivity index (χ0v) is 18.6. The second-order valence-corrected chi connectivity index (χ2v) is 6.46. The maximum Gasteiger partial charge on any atom is 0.349 e. The lowest BCUT2D eigenvalue weighted by Crippen LogP contribution is -2.46. The van der Waals surface area contributed by atoms with E-state index in [1.807, 2.05) is 0 Å². The molecule has 12 heteroatoms. The Morgan fingerprint density at radius 1 is 0.618 bits per heavy atom. The monoisotopic (exact) mass is 478 g/mol. The van der Waals surface area contributed by atoms with E-state index >= 15 is 0 Å². The van der Waals surface area contributed by atoms with Crippen LogP contribution in [0.2, 0.25) is 0 Å². The number of benzene rings is 2. The highest BCUT2D eigenvalue weighted by Crippen LogP contribution is 2.27. The summed E-state index contributed by atoms with van der Waals surface area (Å²) >= 11 is 0. The molecule has 0 aliphatic carbocycles. The van der Waals surface area contributed by atoms with Crippen LogP contribution in [-0.2, 0) is 19.1 Å². The highest BCUT2D eigenvalue weighted by Gasteiger charge is 2.41. The lowest BCUT2D eigenvalue weighted by atomic mass is 10.1. The summed E-state index contributed by atoms with van der Waals surface area (Å²) in [5.41, 5.74) is -0.476. The first kappa shape index (κ1) is 25.8. The first-order valence-corrected chi connectivity index (χ1v) is 9.48. The normalized spacial score (nSPS) is 12.0. The van der Waals surface area contributed by atoms with Gasteiger partial charge in [0, 0.05) is 0 Å². The number of hydrogen-bond donors (Lipinski definition) is 2. The zero-order valence-electron chi connectivity index (χ0n) is 18.6. The third kappa shape index (κ3) is 5.85. The zero-order chi connectivity index (χ0) is 25.4. The maximum absolute atomic E-state index is 12.7. The molecule has 2 rings (SSSR count). The molecule has 34 heavy (non-hydrogen) atoms. The molecular formula is C22H22O12. The predicted molar refractivity (Wildman–Crippen MR) is 113 cm³/mol. The van der Waals surface area contributed by atoms with Gasteiger partial charge in [-0.3, -0.25) is 0 Å². The van der Waals surface area contributed by atoms with Gasteiger partial charge in [-0.1, -0.05) is 0 Å². The number of carbonyl (C=O) groups is 4. The number of carboxylic acids is 2. The van der Waals surface area contributed by atoms with E-state index in [0.29, 0.717) is 0 Å². The second-order valence-electron chi connectivity index (χ2n) is 6.46. The van der Waals surface area contributed by atoms with Crippen LogP contribution in [0.1, 0.15) is 20.7 Å². The van der Waals surface area contributed by atoms with Crippen LogP contribution in [0.5, 0.6) is 23.0 Å². The largest absolute Gasteiger partial charge is 0.497 e. The molecular weight excluding hydrogens is 456 g/mol. The summed E-state index contributed by atoms with van der Waals surface area (Å²) in [5, 5.41) is 19.1. The Morgan fingerprint density at radius 3 is 1.24 bits per heavy atom. The molecule has 2 aromatic rings. The Morgan fingerprint density at radius 2 is 0.971 bits per heavy atom. The van der Waals surface area contributed by atoms with Gasteiger partial charge in [-0.25, -0.2) is 19.2 Å². The van der Waals surface area contributed by atoms with Crippen molar-refractivity contribution in [2.75, 3.05) is 28.4 Å². The van der Waals surface area contributed by atoms with E-state index in [1.54, 1.807) is 0 Å². The van der Waals surface area contributed by atoms with Crippen molar-refractivity contribution >= 4 is 23.9 Å². The van der Waals surface area contributed by atoms with Gasteiger partial charge in [-0.05, 0) is 36.4 Å². The minimum Gasteiger partial charge on any atom is -0.497 e. The van der Waals surface area contributed by atoms with Gasteiger partial charge < -0.3 is 38.6 Å². The highest BCUT2D eigenvalue weighted by atomic mass is 16.6. The SMILES string of the molecule is COc1ccc(OC)c(C(=O)O[C@@H](C(=O)O)[C@@H](OC(=O)c2cc(OC)ccc2OC)C(=O)O)c1. The average molecular weight is 478 g/mol. The molecule has 0 radical (unpaired) electrons. The van der Waals surface area contributed by atoms with E-state index in [9.17, 15) is 29.4 Å². The van der Waals surface area contributed by atoms with E-state index in [0.717, 1.165) is 0 Å². The van der Waals surface area contributed by atoms with E-state index < -0.39 is 36.1 Å². The fourth-order valence-electron chi connectivity index (χ4n) is 2.79. The number of esters is 2. The molecule has 182 valence electrons. The Balaban J connectivity index is 2.37. The topological polar surface area (TPSA) is 164 Å². The van der Waals surface area contributed by atoms with Crippen LogP contribution in [0.3, 0.4) is 0 Å². The first-order valence-electron chi connectivity index (χ1n) is 9.48. The van der Waals surface area contributed by atoms with Crippen LogP contribution in [0.15, 0.2) is 36.4 Å². The van der Waals surface area contributed by atoms with Crippen molar-refractivity contribution < 1.29 is 57.8 Å². The van der Waals surface area contributed by atoms with Crippen LogP contribution in [0.25, 0.3) is 0 Å². The van der Waals surface area contributed by atoms with E-state index in [1.165, 1.54) is 64.8 Å². The van der Waals surface area contributed by atoms with Gasteiger partial charge in [0.05, 0.1) is 28.4 Å². The Bertz CT molecular complexity index is 992. The van der Waals surface area contributed by atoms with Crippen molar-refractivity contribution in [2.45, 2.75) is 12.2 Å². The third-order valence-electron chi connectivity index (χ3n) is 4.48. The molecule has 0 spiro atoms. The average Bonchev–Trinajstić information content (AvgIpc) is 2.84. The molecule has 12 nitrogen and oxygen atoms in total. The molecule has 0 aromatic heterocycles. The van der Waals surface area contributed by atoms with Crippen LogP contribution in [0.4, 0.5) is 0 Å². The molecule has 0 saturated heterocycles. The predicted octanol–water partition coefficient (Wildman–Crippen LogP) is 1.64. The molecule has 2 N–H and O–H groups in total. The second kappa shape index (κ2) is 11.4. The summed E-state index contributed by atoms with van der Waals surface area (Å²) in [4.78, 5) is 49.0. The molecule has 2 aromatic carbocycles. The van der Waals surface area contributed by atoms with Crippen molar-refractivity contribution in [1.29, 1.82) is 0 Å². The van der Waals surface area contributed by atoms with Crippen molar-refractivity contribution in [1.82, 2.24) is 0 Å². The number of aliphatic carboxylic acids is 2. The summed E-state index contributed by atoms with van der Waals surface area (Å²) in [7, 11) is 5.20. The third-order valence-corrected chi connectivity index (χ3v) is 4.48. The molecule has 0 unspecified atom stereocenters. The maximum atomic E-state index is 12.7. The molecule has 0 amide bonds. The number of hydrogen-bond acceptors (Lipinski definition) is 10. The summed E-state index contributed by atoms with van der Waals surface area (Å²) in [5.74, 6) is -5.74. The lowest BCUT2D eigenvalue weighted by Gasteiger charge is -2.22. The minimum atomic E-state index is -2.40. The standard InChI is InChI=1S/C22H22O12/c1-29-11-5-7-15(31-3)13(9-11)21(27)33-17(19(23)24)18(20(25)26)34-22(28)14-10-12(30-2)6-8-16(14)32-4/h5-10,17-18H,1-4H3,(H,23,24)(H,25,26)/t17-,18-/m1/s1. The minimum absolute atomic E-state index is 0.0138. The van der Waals surface area contributed by atoms with Crippen molar-refractivity contribution in [3.63, 3.8) is 0 Å². The van der Waals surface area contributed by atoms with Gasteiger partial charge in [0.15, 0.2) is 0 Å². The smallest absolute Gasteiger partial charge is 0.349 e. The van der Waals surface area contributed by atoms with Crippen molar-refractivity contribution in [3.05, 3.63) is 47.5 Å². The Labute approximate surface area is 193 Å². The van der Waals surface area contributed by atoms with Gasteiger partial charge in [0.1, 0.15) is 34.1 Å². The van der Waals surface area contributed by atoms with Crippen molar-refractivity contribution in [2.24, 2.45) is 0 Å². The van der Waals surface area contributed by atoms with Crippen LogP contribution < -0.4 is 18.9 Å². The summed E-state index contributed by atoms with van der Waals surface area (Å²) in [6, 6.07) is 8.12. The van der Waals surface area contributed by atoms with E-state index in [2.05, 4.69) is 0 Å². The number of carbonyl (C=O) groups excluding carboxylic acids is 2. The van der Waals surface area contributed by atoms with Crippen LogP contribution in [-0.4, -0.2) is 74.7 Å². The summed E-state index contributed by atoms with van der Waals surface area (Å²) < 4.78 is 30.0. The number of ether oxygens (including phenoxy) is 6. The van der Waals surface area contributed by atoms with Gasteiger partial charge in [0.25, 0.3) is 0 Å². The molecule has 2 atom stereocenters. The van der Waals surface area contributed by atoms with E-state index in [4.69, 9.17) is 28.4 Å². The Kier molecular flexibility index (Phi) is 8.65. The number of rotatable bonds is 11. The molecule has 0 heterocycles. The van der Waals surface area contributed by atoms with Crippen molar-refractivity contribution in [3.8, 4) is 23.0 Å². The fraction of sp³-hybridized carbons (Fsp3) is 0.273. The summed E-state index contributed by atoms with van der Waals surface area (Å²) in [6.45, 7) is 0. The lowest BCUT2D eigenvalue weighted by molar-refractivity contribution is -0.166. The number of methoxy groups -OCH3 is 4. The quantitative estimate of drug-likeness (QED) is 0.449. The van der Waals surface area contributed by atoms with E-state index in [-0.39, 0.29) is 34.1 Å². The fourth-order valence-corrected chi connectivity index (χ4v) is 2.79. The van der Waals surface area contributed by atoms with Crippen LogP contribution >= 0.6 is 0 Å². The Hall–Kier alpha value is -4.48. The molecule has 0 aliphatic heterocycles. The molecule has 0 fully saturated rings. The van der Waals surface area contributed by atoms with Gasteiger partial charge in [0.2, 0.25) is 12.2 Å². The number of carboxylic acid groups (broad SMARTS) is 2. The molecule has 0 bridgehead atoms. The molecule has 0 saturated carbocycles. The summed E-state index contributed by atoms with van der Waals surface area (Å²) in [6.07, 6.45) is -4.80. The molecule has 0 aliphatic rings. The van der Waals surface area contributed by atoms with Gasteiger partial charge in [-0.15, -0.1) is 0 Å². The van der Waals surface area contributed by atoms with Gasteiger partial charge >= 0.3 is 23.9 Å². The van der Waals surface area contributed by atoms with Crippen LogP contribution in [0, 0.1) is 0 Å².